The quantitative estimate of drug-likeness (QED) is 0.886. The van der Waals surface area contributed by atoms with E-state index >= 15 is 0 Å². The topological polar surface area (TPSA) is 35.2 Å². The van der Waals surface area contributed by atoms with Crippen molar-refractivity contribution >= 4 is 0 Å². The Morgan fingerprint density at radius 2 is 1.55 bits per heavy atom. The van der Waals surface area contributed by atoms with Gasteiger partial charge in [0.1, 0.15) is 12.4 Å². The number of nitrogens with two attached hydrogens (primary N) is 1. The maximum Gasteiger partial charge on any atom is 0.119 e. The van der Waals surface area contributed by atoms with Crippen molar-refractivity contribution in [2.45, 2.75) is 44.1 Å². The molecule has 116 valence electrons. The molecule has 3 rings (SSSR count). The van der Waals surface area contributed by atoms with Crippen LogP contribution in [-0.4, -0.2) is 6.54 Å². The highest BCUT2D eigenvalue weighted by molar-refractivity contribution is 5.33. The van der Waals surface area contributed by atoms with Gasteiger partial charge in [-0.2, -0.15) is 0 Å². The average Bonchev–Trinajstić information content (AvgIpc) is 2.62. The van der Waals surface area contributed by atoms with Crippen LogP contribution in [0.4, 0.5) is 0 Å². The number of ether oxygens (including phenoxy) is 1. The molecule has 0 bridgehead atoms. The Labute approximate surface area is 133 Å². The summed E-state index contributed by atoms with van der Waals surface area (Å²) in [5.74, 6) is 0.926. The van der Waals surface area contributed by atoms with Crippen molar-refractivity contribution in [2.75, 3.05) is 6.54 Å². The second kappa shape index (κ2) is 6.97. The van der Waals surface area contributed by atoms with Crippen LogP contribution < -0.4 is 10.5 Å². The summed E-state index contributed by atoms with van der Waals surface area (Å²) < 4.78 is 5.87. The van der Waals surface area contributed by atoms with E-state index < -0.39 is 0 Å². The van der Waals surface area contributed by atoms with Gasteiger partial charge in [-0.15, -0.1) is 0 Å². The lowest BCUT2D eigenvalue weighted by molar-refractivity contribution is 0.296. The van der Waals surface area contributed by atoms with Gasteiger partial charge in [0.15, 0.2) is 0 Å². The van der Waals surface area contributed by atoms with Crippen molar-refractivity contribution in [1.29, 1.82) is 0 Å². The minimum absolute atomic E-state index is 0.191. The molecule has 1 aliphatic rings. The summed E-state index contributed by atoms with van der Waals surface area (Å²) in [6.07, 6.45) is 6.37. The van der Waals surface area contributed by atoms with E-state index in [4.69, 9.17) is 10.5 Å². The number of hydrogen-bond acceptors (Lipinski definition) is 2. The van der Waals surface area contributed by atoms with Crippen molar-refractivity contribution in [2.24, 2.45) is 5.73 Å². The van der Waals surface area contributed by atoms with Gasteiger partial charge in [-0.25, -0.2) is 0 Å². The summed E-state index contributed by atoms with van der Waals surface area (Å²) in [7, 11) is 0. The highest BCUT2D eigenvalue weighted by atomic mass is 16.5. The number of benzene rings is 2. The van der Waals surface area contributed by atoms with Crippen LogP contribution in [-0.2, 0) is 12.0 Å². The minimum Gasteiger partial charge on any atom is -0.489 e. The zero-order chi connectivity index (χ0) is 15.3. The molecule has 22 heavy (non-hydrogen) atoms. The molecule has 2 aromatic carbocycles. The van der Waals surface area contributed by atoms with Crippen LogP contribution >= 0.6 is 0 Å². The predicted molar refractivity (Wildman–Crippen MR) is 91.0 cm³/mol. The molecule has 0 atom stereocenters. The molecule has 0 radical (unpaired) electrons. The third-order valence-corrected chi connectivity index (χ3v) is 4.92. The lowest BCUT2D eigenvalue weighted by atomic mass is 9.69. The monoisotopic (exact) mass is 295 g/mol. The van der Waals surface area contributed by atoms with E-state index in [0.717, 1.165) is 12.3 Å². The van der Waals surface area contributed by atoms with Gasteiger partial charge in [0.25, 0.3) is 0 Å². The lowest BCUT2D eigenvalue weighted by Crippen LogP contribution is -2.37. The smallest absolute Gasteiger partial charge is 0.119 e. The highest BCUT2D eigenvalue weighted by Gasteiger charge is 2.32. The molecule has 1 fully saturated rings. The van der Waals surface area contributed by atoms with Gasteiger partial charge in [-0.05, 0) is 36.1 Å². The van der Waals surface area contributed by atoms with E-state index in [1.807, 2.05) is 18.2 Å². The van der Waals surface area contributed by atoms with E-state index in [0.29, 0.717) is 6.61 Å². The molecule has 0 heterocycles. The Morgan fingerprint density at radius 3 is 2.18 bits per heavy atom. The first-order valence-corrected chi connectivity index (χ1v) is 8.30. The summed E-state index contributed by atoms with van der Waals surface area (Å²) in [6.45, 7) is 1.36. The third-order valence-electron chi connectivity index (χ3n) is 4.92. The molecule has 0 aromatic heterocycles. The Kier molecular flexibility index (Phi) is 4.79. The third kappa shape index (κ3) is 3.33. The van der Waals surface area contributed by atoms with Crippen LogP contribution in [0, 0.1) is 0 Å². The Bertz CT molecular complexity index is 570. The molecular weight excluding hydrogens is 270 g/mol. The van der Waals surface area contributed by atoms with Gasteiger partial charge in [-0.1, -0.05) is 61.7 Å². The molecule has 2 nitrogen and oxygen atoms in total. The van der Waals surface area contributed by atoms with E-state index in [9.17, 15) is 0 Å². The summed E-state index contributed by atoms with van der Waals surface area (Å²) in [5, 5.41) is 0. The maximum absolute atomic E-state index is 6.11. The maximum atomic E-state index is 6.11. The summed E-state index contributed by atoms with van der Waals surface area (Å²) in [6, 6.07) is 18.9. The summed E-state index contributed by atoms with van der Waals surface area (Å²) in [4.78, 5) is 0. The fourth-order valence-electron chi connectivity index (χ4n) is 3.48. The van der Waals surface area contributed by atoms with E-state index in [-0.39, 0.29) is 5.41 Å². The van der Waals surface area contributed by atoms with Crippen LogP contribution in [0.15, 0.2) is 54.6 Å². The molecular formula is C20H25NO. The molecule has 1 aliphatic carbocycles. The van der Waals surface area contributed by atoms with Crippen molar-refractivity contribution in [3.63, 3.8) is 0 Å². The van der Waals surface area contributed by atoms with Crippen molar-refractivity contribution < 1.29 is 4.74 Å². The van der Waals surface area contributed by atoms with Gasteiger partial charge in [-0.3, -0.25) is 0 Å². The second-order valence-corrected chi connectivity index (χ2v) is 6.34. The van der Waals surface area contributed by atoms with Gasteiger partial charge < -0.3 is 10.5 Å². The Morgan fingerprint density at radius 1 is 0.864 bits per heavy atom. The highest BCUT2D eigenvalue weighted by Crippen LogP contribution is 2.39. The van der Waals surface area contributed by atoms with Crippen molar-refractivity contribution in [1.82, 2.24) is 0 Å². The first-order chi connectivity index (χ1) is 10.8. The van der Waals surface area contributed by atoms with Crippen molar-refractivity contribution in [3.8, 4) is 5.75 Å². The fraction of sp³-hybridized carbons (Fsp3) is 0.400. The molecule has 0 saturated heterocycles. The fourth-order valence-corrected chi connectivity index (χ4v) is 3.48. The Hall–Kier alpha value is -1.80. The van der Waals surface area contributed by atoms with Crippen LogP contribution in [0.2, 0.25) is 0 Å². The van der Waals surface area contributed by atoms with Crippen LogP contribution in [0.1, 0.15) is 43.2 Å². The number of rotatable bonds is 5. The first-order valence-electron chi connectivity index (χ1n) is 8.30. The van der Waals surface area contributed by atoms with Gasteiger partial charge in [0.05, 0.1) is 0 Å². The molecule has 2 heteroatoms. The van der Waals surface area contributed by atoms with E-state index in [2.05, 4.69) is 36.4 Å². The van der Waals surface area contributed by atoms with Crippen LogP contribution in [0.25, 0.3) is 0 Å². The van der Waals surface area contributed by atoms with E-state index in [1.165, 1.54) is 43.2 Å². The first kappa shape index (κ1) is 15.1. The molecule has 1 saturated carbocycles. The normalized spacial score (nSPS) is 17.1. The molecule has 0 unspecified atom stereocenters. The van der Waals surface area contributed by atoms with Gasteiger partial charge in [0, 0.05) is 12.0 Å². The summed E-state index contributed by atoms with van der Waals surface area (Å²) in [5.41, 5.74) is 8.87. The standard InChI is InChI=1S/C20H25NO/c21-16-20(13-5-2-6-14-20)18-9-11-19(12-10-18)22-15-17-7-3-1-4-8-17/h1,3-4,7-12H,2,5-6,13-16,21H2. The zero-order valence-corrected chi connectivity index (χ0v) is 13.1. The molecule has 0 aliphatic heterocycles. The van der Waals surface area contributed by atoms with Crippen LogP contribution in [0.3, 0.4) is 0 Å². The van der Waals surface area contributed by atoms with Crippen LogP contribution in [0.5, 0.6) is 5.75 Å². The molecule has 2 N–H and O–H groups in total. The van der Waals surface area contributed by atoms with Gasteiger partial charge in [0.2, 0.25) is 0 Å². The second-order valence-electron chi connectivity index (χ2n) is 6.34. The van der Waals surface area contributed by atoms with E-state index in [1.54, 1.807) is 0 Å². The zero-order valence-electron chi connectivity index (χ0n) is 13.1. The summed E-state index contributed by atoms with van der Waals surface area (Å²) >= 11 is 0. The molecule has 0 spiro atoms. The largest absolute Gasteiger partial charge is 0.489 e. The Balaban J connectivity index is 1.67. The molecule has 2 aromatic rings. The minimum atomic E-state index is 0.191. The lowest BCUT2D eigenvalue weighted by Gasteiger charge is -2.36. The predicted octanol–water partition coefficient (Wildman–Crippen LogP) is 4.43. The number of hydrogen-bond donors (Lipinski definition) is 1. The SMILES string of the molecule is NCC1(c2ccc(OCc3ccccc3)cc2)CCCCC1. The molecule has 0 amide bonds. The van der Waals surface area contributed by atoms with Gasteiger partial charge >= 0.3 is 0 Å². The van der Waals surface area contributed by atoms with Crippen molar-refractivity contribution in [3.05, 3.63) is 65.7 Å². The average molecular weight is 295 g/mol.